The van der Waals surface area contributed by atoms with Crippen molar-refractivity contribution in [2.45, 2.75) is 51.0 Å². The van der Waals surface area contributed by atoms with Gasteiger partial charge in [-0.1, -0.05) is 12.8 Å². The standard InChI is InChI=1S/C22H27NO5/c1-14-17-7-6-16(27-2)11-19(17)28-21(25)18(14)12-20(24)23-10-9-22(26)8-4-3-5-15(22)13-23/h6-7,11,15,26H,3-5,8-10,12-13H2,1-2H3/t15-,22+/m0/s1. The van der Waals surface area contributed by atoms with E-state index in [1.165, 1.54) is 0 Å². The van der Waals surface area contributed by atoms with Gasteiger partial charge in [-0.3, -0.25) is 4.79 Å². The van der Waals surface area contributed by atoms with Gasteiger partial charge in [0.05, 0.1) is 24.7 Å². The number of hydrogen-bond acceptors (Lipinski definition) is 5. The van der Waals surface area contributed by atoms with E-state index in [4.69, 9.17) is 9.15 Å². The summed E-state index contributed by atoms with van der Waals surface area (Å²) in [6.45, 7) is 2.97. The first-order valence-electron chi connectivity index (χ1n) is 10.0. The minimum absolute atomic E-state index is 0.0291. The van der Waals surface area contributed by atoms with E-state index >= 15 is 0 Å². The van der Waals surface area contributed by atoms with Crippen molar-refractivity contribution in [2.24, 2.45) is 5.92 Å². The molecule has 4 rings (SSSR count). The third-order valence-corrected chi connectivity index (χ3v) is 6.60. The third-order valence-electron chi connectivity index (χ3n) is 6.60. The summed E-state index contributed by atoms with van der Waals surface area (Å²) < 4.78 is 10.6. The fourth-order valence-corrected chi connectivity index (χ4v) is 4.77. The maximum absolute atomic E-state index is 12.9. The topological polar surface area (TPSA) is 80.0 Å². The van der Waals surface area contributed by atoms with Gasteiger partial charge < -0.3 is 19.2 Å². The molecule has 0 bridgehead atoms. The second kappa shape index (κ2) is 7.24. The maximum Gasteiger partial charge on any atom is 0.340 e. The van der Waals surface area contributed by atoms with Crippen LogP contribution in [0.3, 0.4) is 0 Å². The highest BCUT2D eigenvalue weighted by Crippen LogP contribution is 2.39. The Balaban J connectivity index is 1.56. The van der Waals surface area contributed by atoms with Crippen LogP contribution in [0.4, 0.5) is 0 Å². The summed E-state index contributed by atoms with van der Waals surface area (Å²) in [7, 11) is 1.56. The predicted molar refractivity (Wildman–Crippen MR) is 106 cm³/mol. The van der Waals surface area contributed by atoms with E-state index in [9.17, 15) is 14.7 Å². The number of methoxy groups -OCH3 is 1. The summed E-state index contributed by atoms with van der Waals surface area (Å²) in [5.41, 5.74) is 0.549. The number of benzene rings is 1. The number of aryl methyl sites for hydroxylation is 1. The number of fused-ring (bicyclic) bond motifs is 2. The van der Waals surface area contributed by atoms with Gasteiger partial charge in [0.2, 0.25) is 5.91 Å². The number of aliphatic hydroxyl groups is 1. The molecular formula is C22H27NO5. The number of nitrogens with zero attached hydrogens (tertiary/aromatic N) is 1. The van der Waals surface area contributed by atoms with Crippen molar-refractivity contribution < 1.29 is 19.1 Å². The van der Waals surface area contributed by atoms with Crippen LogP contribution in [0.25, 0.3) is 11.0 Å². The molecule has 0 unspecified atom stereocenters. The monoisotopic (exact) mass is 385 g/mol. The van der Waals surface area contributed by atoms with E-state index in [0.717, 1.165) is 36.6 Å². The van der Waals surface area contributed by atoms with Gasteiger partial charge in [-0.05, 0) is 43.9 Å². The van der Waals surface area contributed by atoms with Gasteiger partial charge in [0.15, 0.2) is 0 Å². The van der Waals surface area contributed by atoms with E-state index in [2.05, 4.69) is 0 Å². The number of amides is 1. The average molecular weight is 385 g/mol. The minimum atomic E-state index is -0.619. The zero-order valence-electron chi connectivity index (χ0n) is 16.5. The second-order valence-corrected chi connectivity index (χ2v) is 8.17. The van der Waals surface area contributed by atoms with E-state index in [1.807, 2.05) is 24.0 Å². The number of ether oxygens (including phenoxy) is 1. The number of carbonyl (C=O) groups is 1. The molecular weight excluding hydrogens is 358 g/mol. The highest BCUT2D eigenvalue weighted by molar-refractivity contribution is 5.85. The first-order chi connectivity index (χ1) is 13.4. The highest BCUT2D eigenvalue weighted by atomic mass is 16.5. The molecule has 6 heteroatoms. The van der Waals surface area contributed by atoms with E-state index in [1.54, 1.807) is 13.2 Å². The Labute approximate surface area is 164 Å². The van der Waals surface area contributed by atoms with Gasteiger partial charge in [0.25, 0.3) is 0 Å². The lowest BCUT2D eigenvalue weighted by Crippen LogP contribution is -2.55. The summed E-state index contributed by atoms with van der Waals surface area (Å²) in [6.07, 6.45) is 4.60. The smallest absolute Gasteiger partial charge is 0.340 e. The Bertz CT molecular complexity index is 965. The number of hydrogen-bond donors (Lipinski definition) is 1. The molecule has 1 saturated heterocycles. The molecule has 1 aliphatic carbocycles. The van der Waals surface area contributed by atoms with E-state index in [0.29, 0.717) is 36.4 Å². The first kappa shape index (κ1) is 19.0. The Kier molecular flexibility index (Phi) is 4.91. The summed E-state index contributed by atoms with van der Waals surface area (Å²) in [4.78, 5) is 27.3. The van der Waals surface area contributed by atoms with Crippen LogP contribution in [0.2, 0.25) is 0 Å². The third kappa shape index (κ3) is 3.30. The highest BCUT2D eigenvalue weighted by Gasteiger charge is 2.43. The van der Waals surface area contributed by atoms with Crippen LogP contribution in [0.5, 0.6) is 5.75 Å². The lowest BCUT2D eigenvalue weighted by atomic mass is 9.71. The summed E-state index contributed by atoms with van der Waals surface area (Å²) >= 11 is 0. The van der Waals surface area contributed by atoms with Gasteiger partial charge in [0.1, 0.15) is 11.3 Å². The van der Waals surface area contributed by atoms with Crippen LogP contribution in [0.15, 0.2) is 27.4 Å². The average Bonchev–Trinajstić information content (AvgIpc) is 2.69. The lowest BCUT2D eigenvalue weighted by Gasteiger charge is -2.47. The Morgan fingerprint density at radius 3 is 2.96 bits per heavy atom. The van der Waals surface area contributed by atoms with Gasteiger partial charge in [-0.15, -0.1) is 0 Å². The normalized spacial score (nSPS) is 24.8. The predicted octanol–water partition coefficient (Wildman–Crippen LogP) is 2.81. The molecule has 150 valence electrons. The van der Waals surface area contributed by atoms with Crippen LogP contribution in [0.1, 0.15) is 43.2 Å². The number of rotatable bonds is 3. The van der Waals surface area contributed by atoms with Gasteiger partial charge >= 0.3 is 5.63 Å². The van der Waals surface area contributed by atoms with Gasteiger partial charge in [0, 0.05) is 30.5 Å². The van der Waals surface area contributed by atoms with Crippen molar-refractivity contribution in [3.63, 3.8) is 0 Å². The van der Waals surface area contributed by atoms with Crippen LogP contribution >= 0.6 is 0 Å². The zero-order chi connectivity index (χ0) is 19.9. The molecule has 2 heterocycles. The molecule has 28 heavy (non-hydrogen) atoms. The number of likely N-dealkylation sites (tertiary alicyclic amines) is 1. The van der Waals surface area contributed by atoms with Gasteiger partial charge in [-0.25, -0.2) is 4.79 Å². The molecule has 1 N–H and O–H groups in total. The number of piperidine rings is 1. The van der Waals surface area contributed by atoms with Crippen molar-refractivity contribution in [1.82, 2.24) is 4.90 Å². The van der Waals surface area contributed by atoms with Crippen LogP contribution in [-0.4, -0.2) is 41.7 Å². The van der Waals surface area contributed by atoms with Gasteiger partial charge in [-0.2, -0.15) is 0 Å². The molecule has 1 aromatic carbocycles. The quantitative estimate of drug-likeness (QED) is 0.822. The van der Waals surface area contributed by atoms with Crippen molar-refractivity contribution in [2.75, 3.05) is 20.2 Å². The molecule has 1 aliphatic heterocycles. The van der Waals surface area contributed by atoms with Crippen LogP contribution < -0.4 is 10.4 Å². The van der Waals surface area contributed by atoms with Crippen molar-refractivity contribution >= 4 is 16.9 Å². The van der Waals surface area contributed by atoms with Crippen molar-refractivity contribution in [1.29, 1.82) is 0 Å². The van der Waals surface area contributed by atoms with E-state index < -0.39 is 11.2 Å². The summed E-state index contributed by atoms with van der Waals surface area (Å²) in [5.74, 6) is 0.684. The van der Waals surface area contributed by atoms with Crippen LogP contribution in [0, 0.1) is 12.8 Å². The van der Waals surface area contributed by atoms with Crippen molar-refractivity contribution in [3.05, 3.63) is 39.7 Å². The second-order valence-electron chi connectivity index (χ2n) is 8.17. The molecule has 2 aromatic rings. The Hall–Kier alpha value is -2.34. The molecule has 0 spiro atoms. The fourth-order valence-electron chi connectivity index (χ4n) is 4.77. The largest absolute Gasteiger partial charge is 0.497 e. The maximum atomic E-state index is 12.9. The van der Waals surface area contributed by atoms with Crippen LogP contribution in [-0.2, 0) is 11.2 Å². The first-order valence-corrected chi connectivity index (χ1v) is 10.0. The molecule has 6 nitrogen and oxygen atoms in total. The summed E-state index contributed by atoms with van der Waals surface area (Å²) in [5, 5.41) is 11.6. The molecule has 1 amide bonds. The molecule has 0 radical (unpaired) electrons. The van der Waals surface area contributed by atoms with Crippen molar-refractivity contribution in [3.8, 4) is 5.75 Å². The Morgan fingerprint density at radius 1 is 1.36 bits per heavy atom. The summed E-state index contributed by atoms with van der Waals surface area (Å²) in [6, 6.07) is 5.35. The molecule has 1 saturated carbocycles. The zero-order valence-corrected chi connectivity index (χ0v) is 16.5. The molecule has 2 aliphatic rings. The lowest BCUT2D eigenvalue weighted by molar-refractivity contribution is -0.142. The number of carbonyl (C=O) groups excluding carboxylic acids is 1. The Morgan fingerprint density at radius 2 is 2.18 bits per heavy atom. The molecule has 2 fully saturated rings. The molecule has 1 aromatic heterocycles. The minimum Gasteiger partial charge on any atom is -0.497 e. The SMILES string of the molecule is COc1ccc2c(C)c(CC(=O)N3CC[C@]4(O)CCCC[C@H]4C3)c(=O)oc2c1. The molecule has 2 atom stereocenters. The van der Waals surface area contributed by atoms with E-state index in [-0.39, 0.29) is 18.2 Å². The fraction of sp³-hybridized carbons (Fsp3) is 0.545.